The second-order valence-corrected chi connectivity index (χ2v) is 8.17. The van der Waals surface area contributed by atoms with Crippen molar-refractivity contribution in [3.63, 3.8) is 0 Å². The molecule has 8 nitrogen and oxygen atoms in total. The minimum Gasteiger partial charge on any atom is -0.493 e. The van der Waals surface area contributed by atoms with Crippen LogP contribution in [0.3, 0.4) is 0 Å². The van der Waals surface area contributed by atoms with Gasteiger partial charge in [-0.1, -0.05) is 11.6 Å². The first-order valence-corrected chi connectivity index (χ1v) is 10.8. The van der Waals surface area contributed by atoms with Crippen molar-refractivity contribution in [2.75, 3.05) is 38.7 Å². The van der Waals surface area contributed by atoms with E-state index in [0.717, 1.165) is 6.42 Å². The summed E-state index contributed by atoms with van der Waals surface area (Å²) in [5.74, 6) is 0.758. The Hall–Kier alpha value is -3.19. The van der Waals surface area contributed by atoms with E-state index in [0.29, 0.717) is 60.1 Å². The highest BCUT2D eigenvalue weighted by Crippen LogP contribution is 2.35. The normalized spacial score (nSPS) is 18.3. The molecule has 4 rings (SSSR count). The van der Waals surface area contributed by atoms with Gasteiger partial charge in [0, 0.05) is 36.8 Å². The number of anilines is 2. The molecule has 1 aromatic heterocycles. The number of hydrogen-bond donors (Lipinski definition) is 2. The van der Waals surface area contributed by atoms with Crippen molar-refractivity contribution in [2.24, 2.45) is 5.92 Å². The molecule has 2 heterocycles. The third-order valence-corrected chi connectivity index (χ3v) is 5.80. The number of nitrogens with one attached hydrogen (secondary N) is 1. The SMILES string of the molecule is COc1cc2ncnc(Nc3ccc(F)c(Cl)c3)c2cc1OCCCN1CC(O)C(C#N)C1. The van der Waals surface area contributed by atoms with Crippen LogP contribution in [0.2, 0.25) is 5.02 Å². The highest BCUT2D eigenvalue weighted by atomic mass is 35.5. The summed E-state index contributed by atoms with van der Waals surface area (Å²) in [6.07, 6.45) is 1.55. The Kier molecular flexibility index (Phi) is 7.08. The van der Waals surface area contributed by atoms with Gasteiger partial charge in [-0.2, -0.15) is 5.26 Å². The van der Waals surface area contributed by atoms with E-state index in [9.17, 15) is 9.50 Å². The van der Waals surface area contributed by atoms with Crippen LogP contribution in [-0.4, -0.2) is 59.4 Å². The van der Waals surface area contributed by atoms with Crippen LogP contribution >= 0.6 is 11.6 Å². The average Bonchev–Trinajstić information content (AvgIpc) is 3.18. The molecule has 2 N–H and O–H groups in total. The van der Waals surface area contributed by atoms with Gasteiger partial charge in [0.1, 0.15) is 18.0 Å². The molecule has 1 aliphatic heterocycles. The second kappa shape index (κ2) is 10.2. The van der Waals surface area contributed by atoms with E-state index in [-0.39, 0.29) is 10.9 Å². The number of hydrogen-bond acceptors (Lipinski definition) is 8. The lowest BCUT2D eigenvalue weighted by Crippen LogP contribution is -2.24. The molecule has 2 aromatic carbocycles. The van der Waals surface area contributed by atoms with Crippen LogP contribution in [0, 0.1) is 23.1 Å². The first kappa shape index (κ1) is 23.0. The van der Waals surface area contributed by atoms with E-state index in [1.807, 2.05) is 0 Å². The number of likely N-dealkylation sites (tertiary alicyclic amines) is 1. The molecule has 0 bridgehead atoms. The lowest BCUT2D eigenvalue weighted by Gasteiger charge is -2.16. The van der Waals surface area contributed by atoms with Crippen molar-refractivity contribution in [2.45, 2.75) is 12.5 Å². The van der Waals surface area contributed by atoms with Crippen molar-refractivity contribution in [3.8, 4) is 17.6 Å². The number of halogens is 2. The molecule has 0 amide bonds. The second-order valence-electron chi connectivity index (χ2n) is 7.76. The number of aliphatic hydroxyl groups is 1. The van der Waals surface area contributed by atoms with Crippen LogP contribution in [0.1, 0.15) is 6.42 Å². The van der Waals surface area contributed by atoms with Gasteiger partial charge >= 0.3 is 0 Å². The molecule has 1 aliphatic rings. The molecular weight excluding hydrogens is 449 g/mol. The van der Waals surface area contributed by atoms with E-state index in [1.165, 1.54) is 18.5 Å². The van der Waals surface area contributed by atoms with Crippen molar-refractivity contribution in [1.29, 1.82) is 5.26 Å². The van der Waals surface area contributed by atoms with Gasteiger partial charge in [-0.25, -0.2) is 14.4 Å². The molecule has 2 atom stereocenters. The Morgan fingerprint density at radius 2 is 2.12 bits per heavy atom. The van der Waals surface area contributed by atoms with Crippen molar-refractivity contribution < 1.29 is 19.0 Å². The summed E-state index contributed by atoms with van der Waals surface area (Å²) in [7, 11) is 1.56. The summed E-state index contributed by atoms with van der Waals surface area (Å²) >= 11 is 5.89. The molecule has 0 saturated carbocycles. The highest BCUT2D eigenvalue weighted by Gasteiger charge is 2.30. The zero-order chi connectivity index (χ0) is 23.4. The quantitative estimate of drug-likeness (QED) is 0.479. The predicted molar refractivity (Wildman–Crippen MR) is 122 cm³/mol. The van der Waals surface area contributed by atoms with Gasteiger partial charge in [0.25, 0.3) is 0 Å². The van der Waals surface area contributed by atoms with Gasteiger partial charge in [0.05, 0.1) is 42.3 Å². The highest BCUT2D eigenvalue weighted by molar-refractivity contribution is 6.31. The van der Waals surface area contributed by atoms with E-state index in [2.05, 4.69) is 26.3 Å². The van der Waals surface area contributed by atoms with Gasteiger partial charge in [0.2, 0.25) is 0 Å². The maximum absolute atomic E-state index is 13.5. The molecule has 3 aromatic rings. The third kappa shape index (κ3) is 5.25. The summed E-state index contributed by atoms with van der Waals surface area (Å²) < 4.78 is 24.9. The first-order valence-electron chi connectivity index (χ1n) is 10.5. The summed E-state index contributed by atoms with van der Waals surface area (Å²) in [4.78, 5) is 10.7. The zero-order valence-corrected chi connectivity index (χ0v) is 18.7. The van der Waals surface area contributed by atoms with E-state index < -0.39 is 11.9 Å². The van der Waals surface area contributed by atoms with E-state index in [4.69, 9.17) is 26.3 Å². The fraction of sp³-hybridized carbons (Fsp3) is 0.348. The minimum atomic E-state index is -0.599. The van der Waals surface area contributed by atoms with Gasteiger partial charge < -0.3 is 19.9 Å². The Labute approximate surface area is 195 Å². The first-order chi connectivity index (χ1) is 16.0. The Balaban J connectivity index is 1.47. The standard InChI is InChI=1S/C23H23ClFN5O3/c1-32-21-9-19-16(23(28-13-27-19)29-15-3-4-18(25)17(24)7-15)8-22(21)33-6-2-5-30-11-14(10-26)20(31)12-30/h3-4,7-9,13-14,20,31H,2,5-6,11-12H2,1H3,(H,27,28,29). The lowest BCUT2D eigenvalue weighted by molar-refractivity contribution is 0.157. The number of methoxy groups -OCH3 is 1. The van der Waals surface area contributed by atoms with Gasteiger partial charge in [0.15, 0.2) is 11.5 Å². The maximum Gasteiger partial charge on any atom is 0.162 e. The van der Waals surface area contributed by atoms with Crippen molar-refractivity contribution in [1.82, 2.24) is 14.9 Å². The fourth-order valence-corrected chi connectivity index (χ4v) is 3.97. The maximum atomic E-state index is 13.5. The number of fused-ring (bicyclic) bond motifs is 1. The molecule has 33 heavy (non-hydrogen) atoms. The fourth-order valence-electron chi connectivity index (χ4n) is 3.79. The minimum absolute atomic E-state index is 0.00987. The van der Waals surface area contributed by atoms with Gasteiger partial charge in [-0.3, -0.25) is 4.90 Å². The number of aliphatic hydroxyl groups excluding tert-OH is 1. The number of benzene rings is 2. The molecule has 10 heteroatoms. The molecule has 172 valence electrons. The lowest BCUT2D eigenvalue weighted by atomic mass is 10.1. The number of β-amino-alcohol motifs (C(OH)–C–C–N with tert-alkyl or cyclic N) is 1. The Bertz CT molecular complexity index is 1190. The monoisotopic (exact) mass is 471 g/mol. The van der Waals surface area contributed by atoms with Gasteiger partial charge in [-0.15, -0.1) is 0 Å². The molecular formula is C23H23ClFN5O3. The Morgan fingerprint density at radius 3 is 2.85 bits per heavy atom. The summed E-state index contributed by atoms with van der Waals surface area (Å²) in [6.45, 7) is 2.20. The van der Waals surface area contributed by atoms with Crippen LogP contribution in [0.25, 0.3) is 10.9 Å². The molecule has 0 spiro atoms. The predicted octanol–water partition coefficient (Wildman–Crippen LogP) is 3.76. The third-order valence-electron chi connectivity index (χ3n) is 5.51. The molecule has 0 aliphatic carbocycles. The van der Waals surface area contributed by atoms with Crippen molar-refractivity contribution >= 4 is 34.0 Å². The molecule has 2 unspecified atom stereocenters. The summed E-state index contributed by atoms with van der Waals surface area (Å²) in [6, 6.07) is 10.0. The van der Waals surface area contributed by atoms with Crippen LogP contribution in [0.5, 0.6) is 11.5 Å². The topological polar surface area (TPSA) is 104 Å². The molecule has 1 saturated heterocycles. The molecule has 1 fully saturated rings. The van der Waals surface area contributed by atoms with Gasteiger partial charge in [-0.05, 0) is 30.7 Å². The number of aromatic nitrogens is 2. The number of nitrogens with zero attached hydrogens (tertiary/aromatic N) is 4. The average molecular weight is 472 g/mol. The summed E-state index contributed by atoms with van der Waals surface area (Å²) in [5, 5.41) is 22.8. The Morgan fingerprint density at radius 1 is 1.27 bits per heavy atom. The summed E-state index contributed by atoms with van der Waals surface area (Å²) in [5.41, 5.74) is 1.24. The number of rotatable bonds is 8. The van der Waals surface area contributed by atoms with Crippen LogP contribution in [0.4, 0.5) is 15.9 Å². The molecule has 0 radical (unpaired) electrons. The van der Waals surface area contributed by atoms with E-state index >= 15 is 0 Å². The van der Waals surface area contributed by atoms with E-state index in [1.54, 1.807) is 25.3 Å². The smallest absolute Gasteiger partial charge is 0.162 e. The largest absolute Gasteiger partial charge is 0.493 e. The van der Waals surface area contributed by atoms with Crippen LogP contribution in [-0.2, 0) is 0 Å². The number of ether oxygens (including phenoxy) is 2. The zero-order valence-electron chi connectivity index (χ0n) is 18.0. The van der Waals surface area contributed by atoms with Crippen LogP contribution < -0.4 is 14.8 Å². The van der Waals surface area contributed by atoms with Crippen molar-refractivity contribution in [3.05, 3.63) is 47.5 Å². The number of nitriles is 1. The van der Waals surface area contributed by atoms with Crippen LogP contribution in [0.15, 0.2) is 36.7 Å².